The van der Waals surface area contributed by atoms with E-state index in [9.17, 15) is 14.7 Å². The van der Waals surface area contributed by atoms with Gasteiger partial charge in [-0.25, -0.2) is 0 Å². The van der Waals surface area contributed by atoms with Crippen molar-refractivity contribution in [1.82, 2.24) is 4.90 Å². The number of carboxylic acids is 1. The number of carbonyl (C=O) groups excluding carboxylic acids is 1. The minimum Gasteiger partial charge on any atom is -0.481 e. The van der Waals surface area contributed by atoms with E-state index < -0.39 is 16.8 Å². The number of rotatable bonds is 4. The molecule has 6 nitrogen and oxygen atoms in total. The molecule has 2 saturated heterocycles. The van der Waals surface area contributed by atoms with Crippen molar-refractivity contribution in [2.24, 2.45) is 16.6 Å². The van der Waals surface area contributed by atoms with Gasteiger partial charge in [0.15, 0.2) is 0 Å². The van der Waals surface area contributed by atoms with Crippen molar-refractivity contribution in [2.75, 3.05) is 32.8 Å². The molecule has 2 rings (SSSR count). The molecule has 0 aromatic carbocycles. The predicted molar refractivity (Wildman–Crippen MR) is 77.7 cm³/mol. The maximum absolute atomic E-state index is 12.9. The van der Waals surface area contributed by atoms with Gasteiger partial charge in [0.25, 0.3) is 0 Å². The number of nitrogens with two attached hydrogens (primary N) is 1. The highest BCUT2D eigenvalue weighted by Crippen LogP contribution is 2.38. The Kier molecular flexibility index (Phi) is 4.88. The summed E-state index contributed by atoms with van der Waals surface area (Å²) in [6.45, 7) is 4.23. The molecule has 1 amide bonds. The van der Waals surface area contributed by atoms with Crippen molar-refractivity contribution < 1.29 is 19.4 Å². The Morgan fingerprint density at radius 1 is 1.24 bits per heavy atom. The van der Waals surface area contributed by atoms with E-state index in [1.165, 1.54) is 0 Å². The first-order chi connectivity index (χ1) is 9.99. The Labute approximate surface area is 125 Å². The number of nitrogens with zero attached hydrogens (tertiary/aromatic N) is 1. The summed E-state index contributed by atoms with van der Waals surface area (Å²) in [5, 5.41) is 9.54. The SMILES string of the molecule is CCC1(C(=O)O)CCCN(C(=O)C2(CN)CCOCC2)C1. The maximum atomic E-state index is 12.9. The number of carboxylic acid groups (broad SMARTS) is 1. The fraction of sp³-hybridized carbons (Fsp3) is 0.867. The molecule has 2 heterocycles. The van der Waals surface area contributed by atoms with Gasteiger partial charge in [0.05, 0.1) is 10.8 Å². The van der Waals surface area contributed by atoms with Gasteiger partial charge in [-0.05, 0) is 32.1 Å². The molecule has 1 atom stereocenters. The van der Waals surface area contributed by atoms with E-state index in [2.05, 4.69) is 0 Å². The second-order valence-corrected chi connectivity index (χ2v) is 6.37. The zero-order valence-corrected chi connectivity index (χ0v) is 12.8. The first-order valence-corrected chi connectivity index (χ1v) is 7.80. The molecular weight excluding hydrogens is 272 g/mol. The third kappa shape index (κ3) is 2.92. The van der Waals surface area contributed by atoms with Crippen LogP contribution in [0.4, 0.5) is 0 Å². The molecule has 0 aromatic heterocycles. The van der Waals surface area contributed by atoms with Crippen LogP contribution in [0.25, 0.3) is 0 Å². The number of likely N-dealkylation sites (tertiary alicyclic amines) is 1. The van der Waals surface area contributed by atoms with E-state index in [1.54, 1.807) is 4.90 Å². The zero-order valence-electron chi connectivity index (χ0n) is 12.8. The summed E-state index contributed by atoms with van der Waals surface area (Å²) in [5.74, 6) is -0.775. The summed E-state index contributed by atoms with van der Waals surface area (Å²) >= 11 is 0. The Bertz CT molecular complexity index is 406. The zero-order chi connectivity index (χ0) is 15.5. The van der Waals surface area contributed by atoms with Gasteiger partial charge < -0.3 is 20.5 Å². The molecule has 0 saturated carbocycles. The summed E-state index contributed by atoms with van der Waals surface area (Å²) < 4.78 is 5.34. The van der Waals surface area contributed by atoms with Crippen LogP contribution >= 0.6 is 0 Å². The van der Waals surface area contributed by atoms with Gasteiger partial charge in [-0.15, -0.1) is 0 Å². The van der Waals surface area contributed by atoms with Gasteiger partial charge in [-0.3, -0.25) is 9.59 Å². The third-order valence-corrected chi connectivity index (χ3v) is 5.29. The lowest BCUT2D eigenvalue weighted by atomic mass is 9.74. The fourth-order valence-electron chi connectivity index (χ4n) is 3.52. The summed E-state index contributed by atoms with van der Waals surface area (Å²) in [4.78, 5) is 26.3. The number of ether oxygens (including phenoxy) is 1. The number of hydrogen-bond donors (Lipinski definition) is 2. The lowest BCUT2D eigenvalue weighted by Crippen LogP contribution is -2.56. The normalized spacial score (nSPS) is 29.1. The summed E-state index contributed by atoms with van der Waals surface area (Å²) in [6.07, 6.45) is 3.19. The highest BCUT2D eigenvalue weighted by molar-refractivity contribution is 5.84. The van der Waals surface area contributed by atoms with Crippen LogP contribution < -0.4 is 5.73 Å². The molecule has 0 bridgehead atoms. The monoisotopic (exact) mass is 298 g/mol. The highest BCUT2D eigenvalue weighted by Gasteiger charge is 2.47. The van der Waals surface area contributed by atoms with Gasteiger partial charge in [0, 0.05) is 32.8 Å². The molecule has 2 fully saturated rings. The van der Waals surface area contributed by atoms with Gasteiger partial charge in [0.2, 0.25) is 5.91 Å². The lowest BCUT2D eigenvalue weighted by Gasteiger charge is -2.44. The molecular formula is C15H26N2O4. The van der Waals surface area contributed by atoms with E-state index in [0.717, 1.165) is 6.42 Å². The van der Waals surface area contributed by atoms with Gasteiger partial charge >= 0.3 is 5.97 Å². The molecule has 3 N–H and O–H groups in total. The van der Waals surface area contributed by atoms with Crippen molar-refractivity contribution in [1.29, 1.82) is 0 Å². The molecule has 120 valence electrons. The largest absolute Gasteiger partial charge is 0.481 e. The second-order valence-electron chi connectivity index (χ2n) is 6.37. The van der Waals surface area contributed by atoms with Crippen molar-refractivity contribution in [3.8, 4) is 0 Å². The Morgan fingerprint density at radius 2 is 1.90 bits per heavy atom. The molecule has 0 spiro atoms. The van der Waals surface area contributed by atoms with Crippen molar-refractivity contribution in [2.45, 2.75) is 39.0 Å². The minimum absolute atomic E-state index is 0.0204. The van der Waals surface area contributed by atoms with Gasteiger partial charge in [-0.2, -0.15) is 0 Å². The Hall–Kier alpha value is -1.14. The fourth-order valence-corrected chi connectivity index (χ4v) is 3.52. The van der Waals surface area contributed by atoms with Crippen LogP contribution in [0.2, 0.25) is 0 Å². The highest BCUT2D eigenvalue weighted by atomic mass is 16.5. The van der Waals surface area contributed by atoms with E-state index in [4.69, 9.17) is 10.5 Å². The van der Waals surface area contributed by atoms with E-state index in [1.807, 2.05) is 6.92 Å². The molecule has 2 aliphatic rings. The average Bonchev–Trinajstić information content (AvgIpc) is 2.54. The summed E-state index contributed by atoms with van der Waals surface area (Å²) in [7, 11) is 0. The van der Waals surface area contributed by atoms with Crippen LogP contribution in [0, 0.1) is 10.8 Å². The number of amides is 1. The van der Waals surface area contributed by atoms with Gasteiger partial charge in [-0.1, -0.05) is 6.92 Å². The van der Waals surface area contributed by atoms with Crippen LogP contribution in [0.1, 0.15) is 39.0 Å². The molecule has 1 unspecified atom stereocenters. The summed E-state index contributed by atoms with van der Waals surface area (Å²) in [6, 6.07) is 0. The smallest absolute Gasteiger partial charge is 0.311 e. The number of hydrogen-bond acceptors (Lipinski definition) is 4. The quantitative estimate of drug-likeness (QED) is 0.802. The molecule has 2 aliphatic heterocycles. The first kappa shape index (κ1) is 16.2. The molecule has 0 aromatic rings. The van der Waals surface area contributed by atoms with Gasteiger partial charge in [0.1, 0.15) is 0 Å². The lowest BCUT2D eigenvalue weighted by molar-refractivity contribution is -0.160. The molecule has 0 radical (unpaired) electrons. The van der Waals surface area contributed by atoms with E-state index in [-0.39, 0.29) is 5.91 Å². The number of piperidine rings is 1. The molecule has 6 heteroatoms. The van der Waals surface area contributed by atoms with Crippen molar-refractivity contribution >= 4 is 11.9 Å². The standard InChI is InChI=1S/C15H26N2O4/c1-2-14(13(19)20)4-3-7-17(11-14)12(18)15(10-16)5-8-21-9-6-15/h2-11,16H2,1H3,(H,19,20). The second kappa shape index (κ2) is 6.32. The summed E-state index contributed by atoms with van der Waals surface area (Å²) in [5.41, 5.74) is 4.53. The van der Waals surface area contributed by atoms with E-state index >= 15 is 0 Å². The number of aliphatic carboxylic acids is 1. The van der Waals surface area contributed by atoms with Crippen LogP contribution in [-0.4, -0.2) is 54.7 Å². The topological polar surface area (TPSA) is 92.9 Å². The first-order valence-electron chi connectivity index (χ1n) is 7.80. The Morgan fingerprint density at radius 3 is 2.43 bits per heavy atom. The minimum atomic E-state index is -0.797. The molecule has 0 aliphatic carbocycles. The van der Waals surface area contributed by atoms with E-state index in [0.29, 0.717) is 58.5 Å². The van der Waals surface area contributed by atoms with Crippen molar-refractivity contribution in [3.05, 3.63) is 0 Å². The third-order valence-electron chi connectivity index (χ3n) is 5.29. The van der Waals surface area contributed by atoms with Crippen LogP contribution in [0.5, 0.6) is 0 Å². The average molecular weight is 298 g/mol. The predicted octanol–water partition coefficient (Wildman–Crippen LogP) is 0.845. The molecule has 21 heavy (non-hydrogen) atoms. The Balaban J connectivity index is 2.16. The number of carbonyl (C=O) groups is 2. The maximum Gasteiger partial charge on any atom is 0.311 e. The van der Waals surface area contributed by atoms with Crippen LogP contribution in [0.3, 0.4) is 0 Å². The van der Waals surface area contributed by atoms with Crippen LogP contribution in [0.15, 0.2) is 0 Å². The van der Waals surface area contributed by atoms with Crippen LogP contribution in [-0.2, 0) is 14.3 Å². The van der Waals surface area contributed by atoms with Crippen molar-refractivity contribution in [3.63, 3.8) is 0 Å².